The van der Waals surface area contributed by atoms with Gasteiger partial charge in [0.2, 0.25) is 5.91 Å². The van der Waals surface area contributed by atoms with Crippen LogP contribution in [-0.2, 0) is 4.79 Å². The maximum atomic E-state index is 11.7. The van der Waals surface area contributed by atoms with E-state index in [2.05, 4.69) is 11.4 Å². The zero-order valence-corrected chi connectivity index (χ0v) is 9.68. The molecule has 1 aliphatic rings. The van der Waals surface area contributed by atoms with E-state index in [-0.39, 0.29) is 5.91 Å². The third-order valence-electron chi connectivity index (χ3n) is 3.32. The second-order valence-electron chi connectivity index (χ2n) is 4.70. The summed E-state index contributed by atoms with van der Waals surface area (Å²) in [5, 5.41) is 11.7. The van der Waals surface area contributed by atoms with E-state index in [9.17, 15) is 4.79 Å². The van der Waals surface area contributed by atoms with Gasteiger partial charge in [0, 0.05) is 6.42 Å². The smallest absolute Gasteiger partial charge is 0.221 e. The Hall–Kier alpha value is -1.04. The van der Waals surface area contributed by atoms with Gasteiger partial charge in [-0.05, 0) is 32.1 Å². The highest BCUT2D eigenvalue weighted by Crippen LogP contribution is 2.27. The van der Waals surface area contributed by atoms with Crippen LogP contribution in [0.2, 0.25) is 0 Å². The van der Waals surface area contributed by atoms with E-state index in [1.54, 1.807) is 6.92 Å². The molecular formula is C12H20N2O. The van der Waals surface area contributed by atoms with Crippen LogP contribution in [-0.4, -0.2) is 11.4 Å². The van der Waals surface area contributed by atoms with Crippen molar-refractivity contribution < 1.29 is 4.79 Å². The van der Waals surface area contributed by atoms with Crippen molar-refractivity contribution in [2.75, 3.05) is 0 Å². The fraction of sp³-hybridized carbons (Fsp3) is 0.833. The topological polar surface area (TPSA) is 52.9 Å². The van der Waals surface area contributed by atoms with Crippen molar-refractivity contribution in [2.45, 2.75) is 57.9 Å². The van der Waals surface area contributed by atoms with Crippen LogP contribution in [0.5, 0.6) is 0 Å². The number of amides is 1. The molecule has 1 unspecified atom stereocenters. The minimum absolute atomic E-state index is 0.0350. The van der Waals surface area contributed by atoms with Crippen molar-refractivity contribution >= 4 is 5.91 Å². The zero-order chi connectivity index (χ0) is 11.3. The van der Waals surface area contributed by atoms with E-state index in [1.165, 1.54) is 25.7 Å². The van der Waals surface area contributed by atoms with E-state index < -0.39 is 5.54 Å². The molecule has 0 aliphatic heterocycles. The summed E-state index contributed by atoms with van der Waals surface area (Å²) in [5.74, 6) is 0.581. The second kappa shape index (κ2) is 5.16. The van der Waals surface area contributed by atoms with E-state index in [4.69, 9.17) is 5.26 Å². The van der Waals surface area contributed by atoms with Gasteiger partial charge in [-0.15, -0.1) is 0 Å². The summed E-state index contributed by atoms with van der Waals surface area (Å²) in [5.41, 5.74) is -0.685. The maximum Gasteiger partial charge on any atom is 0.221 e. The van der Waals surface area contributed by atoms with Crippen LogP contribution in [0, 0.1) is 17.2 Å². The lowest BCUT2D eigenvalue weighted by Gasteiger charge is -2.22. The highest BCUT2D eigenvalue weighted by atomic mass is 16.1. The molecule has 0 bridgehead atoms. The average Bonchev–Trinajstić information content (AvgIpc) is 2.70. The number of rotatable bonds is 4. The Kier molecular flexibility index (Phi) is 4.14. The van der Waals surface area contributed by atoms with Crippen LogP contribution in [0.4, 0.5) is 0 Å². The molecule has 1 N–H and O–H groups in total. The molecular weight excluding hydrogens is 188 g/mol. The molecule has 0 aromatic rings. The number of hydrogen-bond donors (Lipinski definition) is 1. The monoisotopic (exact) mass is 208 g/mol. The predicted octanol–water partition coefficient (Wildman–Crippen LogP) is 2.38. The quantitative estimate of drug-likeness (QED) is 0.771. The molecule has 0 radical (unpaired) electrons. The molecule has 0 spiro atoms. The first-order valence-electron chi connectivity index (χ1n) is 5.82. The lowest BCUT2D eigenvalue weighted by atomic mass is 9.98. The number of nitrogens with one attached hydrogen (secondary N) is 1. The lowest BCUT2D eigenvalue weighted by Crippen LogP contribution is -2.44. The normalized spacial score (nSPS) is 20.6. The zero-order valence-electron chi connectivity index (χ0n) is 9.68. The molecule has 0 aromatic heterocycles. The summed E-state index contributed by atoms with van der Waals surface area (Å²) in [6.07, 6.45) is 6.09. The minimum atomic E-state index is -0.685. The Morgan fingerprint density at radius 3 is 2.60 bits per heavy atom. The fourth-order valence-corrected chi connectivity index (χ4v) is 2.03. The molecule has 1 fully saturated rings. The van der Waals surface area contributed by atoms with Gasteiger partial charge >= 0.3 is 0 Å². The third kappa shape index (κ3) is 3.54. The first-order valence-corrected chi connectivity index (χ1v) is 5.82. The van der Waals surface area contributed by atoms with E-state index in [1.807, 2.05) is 6.92 Å². The van der Waals surface area contributed by atoms with E-state index in [0.29, 0.717) is 18.8 Å². The molecule has 0 saturated heterocycles. The van der Waals surface area contributed by atoms with Crippen LogP contribution in [0.1, 0.15) is 52.4 Å². The van der Waals surface area contributed by atoms with Gasteiger partial charge in [-0.2, -0.15) is 5.26 Å². The van der Waals surface area contributed by atoms with Crippen molar-refractivity contribution in [1.29, 1.82) is 5.26 Å². The van der Waals surface area contributed by atoms with Crippen LogP contribution in [0.25, 0.3) is 0 Å². The molecule has 1 atom stereocenters. The number of carbonyl (C=O) groups is 1. The van der Waals surface area contributed by atoms with Crippen LogP contribution < -0.4 is 5.32 Å². The van der Waals surface area contributed by atoms with Crippen molar-refractivity contribution in [2.24, 2.45) is 5.92 Å². The molecule has 3 heteroatoms. The predicted molar refractivity (Wildman–Crippen MR) is 59.0 cm³/mol. The van der Waals surface area contributed by atoms with Gasteiger partial charge in [0.1, 0.15) is 5.54 Å². The van der Waals surface area contributed by atoms with Crippen molar-refractivity contribution in [1.82, 2.24) is 5.32 Å². The lowest BCUT2D eigenvalue weighted by molar-refractivity contribution is -0.123. The SMILES string of the molecule is CCC(C)(C#N)NC(=O)CC1CCCC1. The van der Waals surface area contributed by atoms with Gasteiger partial charge in [0.25, 0.3) is 0 Å². The summed E-state index contributed by atoms with van der Waals surface area (Å²) in [6.45, 7) is 3.69. The Bertz CT molecular complexity index is 263. The number of hydrogen-bond acceptors (Lipinski definition) is 2. The molecule has 84 valence electrons. The highest BCUT2D eigenvalue weighted by Gasteiger charge is 2.25. The summed E-state index contributed by atoms with van der Waals surface area (Å²) in [7, 11) is 0. The standard InChI is InChI=1S/C12H20N2O/c1-3-12(2,9-13)14-11(15)8-10-6-4-5-7-10/h10H,3-8H2,1-2H3,(H,14,15). The van der Waals surface area contributed by atoms with Gasteiger partial charge in [-0.3, -0.25) is 4.79 Å². The van der Waals surface area contributed by atoms with Gasteiger partial charge in [0.15, 0.2) is 0 Å². The largest absolute Gasteiger partial charge is 0.338 e. The molecule has 1 saturated carbocycles. The van der Waals surface area contributed by atoms with Crippen LogP contribution >= 0.6 is 0 Å². The minimum Gasteiger partial charge on any atom is -0.338 e. The molecule has 1 rings (SSSR count). The van der Waals surface area contributed by atoms with Gasteiger partial charge in [0.05, 0.1) is 6.07 Å². The van der Waals surface area contributed by atoms with Crippen LogP contribution in [0.15, 0.2) is 0 Å². The van der Waals surface area contributed by atoms with Crippen molar-refractivity contribution in [3.63, 3.8) is 0 Å². The fourth-order valence-electron chi connectivity index (χ4n) is 2.03. The molecule has 1 amide bonds. The number of nitrogens with zero attached hydrogens (tertiary/aromatic N) is 1. The summed E-state index contributed by atoms with van der Waals surface area (Å²) >= 11 is 0. The third-order valence-corrected chi connectivity index (χ3v) is 3.32. The average molecular weight is 208 g/mol. The second-order valence-corrected chi connectivity index (χ2v) is 4.70. The first-order chi connectivity index (χ1) is 7.09. The molecule has 15 heavy (non-hydrogen) atoms. The van der Waals surface area contributed by atoms with E-state index >= 15 is 0 Å². The van der Waals surface area contributed by atoms with Crippen molar-refractivity contribution in [3.05, 3.63) is 0 Å². The molecule has 0 heterocycles. The highest BCUT2D eigenvalue weighted by molar-refractivity contribution is 5.77. The van der Waals surface area contributed by atoms with Gasteiger partial charge < -0.3 is 5.32 Å². The molecule has 0 aromatic carbocycles. The van der Waals surface area contributed by atoms with E-state index in [0.717, 1.165) is 0 Å². The van der Waals surface area contributed by atoms with Crippen molar-refractivity contribution in [3.8, 4) is 6.07 Å². The Morgan fingerprint density at radius 2 is 2.13 bits per heavy atom. The molecule has 1 aliphatic carbocycles. The number of carbonyl (C=O) groups excluding carboxylic acids is 1. The van der Waals surface area contributed by atoms with Crippen LogP contribution in [0.3, 0.4) is 0 Å². The maximum absolute atomic E-state index is 11.7. The molecule has 3 nitrogen and oxygen atoms in total. The number of nitriles is 1. The summed E-state index contributed by atoms with van der Waals surface area (Å²) in [4.78, 5) is 11.7. The first kappa shape index (κ1) is 12.0. The Morgan fingerprint density at radius 1 is 1.53 bits per heavy atom. The summed E-state index contributed by atoms with van der Waals surface area (Å²) < 4.78 is 0. The Labute approximate surface area is 91.9 Å². The van der Waals surface area contributed by atoms with Gasteiger partial charge in [-0.25, -0.2) is 0 Å². The Balaban J connectivity index is 2.38. The summed E-state index contributed by atoms with van der Waals surface area (Å²) in [6, 6.07) is 2.15. The van der Waals surface area contributed by atoms with Gasteiger partial charge in [-0.1, -0.05) is 19.8 Å².